The van der Waals surface area contributed by atoms with Gasteiger partial charge in [-0.15, -0.1) is 23.1 Å². The van der Waals surface area contributed by atoms with Crippen LogP contribution >= 0.6 is 23.1 Å². The molecule has 0 aliphatic carbocycles. The molecular weight excluding hydrogens is 414 g/mol. The van der Waals surface area contributed by atoms with Crippen molar-refractivity contribution in [2.24, 2.45) is 4.36 Å². The zero-order valence-corrected chi connectivity index (χ0v) is 18.3. The fourth-order valence-electron chi connectivity index (χ4n) is 3.05. The molecule has 150 valence electrons. The Morgan fingerprint density at radius 2 is 2.14 bits per heavy atom. The number of rotatable bonds is 4. The summed E-state index contributed by atoms with van der Waals surface area (Å²) in [6, 6.07) is 7.14. The first kappa shape index (κ1) is 21.0. The molecule has 2 amide bonds. The highest BCUT2D eigenvalue weighted by Gasteiger charge is 2.27. The van der Waals surface area contributed by atoms with E-state index in [1.165, 1.54) is 11.8 Å². The lowest BCUT2D eigenvalue weighted by molar-refractivity contribution is -0.132. The van der Waals surface area contributed by atoms with Gasteiger partial charge in [-0.05, 0) is 43.2 Å². The molecule has 1 saturated heterocycles. The average Bonchev–Trinajstić information content (AvgIpc) is 3.17. The summed E-state index contributed by atoms with van der Waals surface area (Å²) in [6.45, 7) is 2.80. The predicted molar refractivity (Wildman–Crippen MR) is 115 cm³/mol. The Bertz CT molecular complexity index is 966. The molecule has 1 aliphatic rings. The smallest absolute Gasteiger partial charge is 0.285 e. The van der Waals surface area contributed by atoms with Gasteiger partial charge in [0.15, 0.2) is 0 Å². The van der Waals surface area contributed by atoms with Crippen LogP contribution in [0, 0.1) is 0 Å². The summed E-state index contributed by atoms with van der Waals surface area (Å²) in [6.07, 6.45) is 4.01. The first-order valence-corrected chi connectivity index (χ1v) is 13.0. The maximum absolute atomic E-state index is 13.2. The van der Waals surface area contributed by atoms with E-state index < -0.39 is 15.6 Å². The zero-order valence-electron chi connectivity index (χ0n) is 15.9. The molecule has 0 spiro atoms. The minimum absolute atomic E-state index is 0.0381. The van der Waals surface area contributed by atoms with Crippen molar-refractivity contribution in [1.82, 2.24) is 9.88 Å². The van der Waals surface area contributed by atoms with Gasteiger partial charge in [0, 0.05) is 41.2 Å². The molecule has 1 aliphatic heterocycles. The highest BCUT2D eigenvalue weighted by Crippen LogP contribution is 2.24. The number of thioether (sulfide) groups is 1. The minimum Gasteiger partial charge on any atom is -0.341 e. The zero-order chi connectivity index (χ0) is 20.1. The lowest BCUT2D eigenvalue weighted by Gasteiger charge is -2.23. The Morgan fingerprint density at radius 1 is 1.32 bits per heavy atom. The molecule has 9 heteroatoms. The first-order valence-electron chi connectivity index (χ1n) is 9.01. The van der Waals surface area contributed by atoms with Gasteiger partial charge in [-0.25, -0.2) is 9.19 Å². The van der Waals surface area contributed by atoms with Crippen molar-refractivity contribution in [2.75, 3.05) is 30.9 Å². The SMILES string of the molecule is CSc1cc(C(=O)N=S2(=O)CCCN(C(=O)C(C)c3cccs3)CC2)ccn1. The minimum atomic E-state index is -2.68. The number of amides is 2. The number of hydrogen-bond donors (Lipinski definition) is 0. The molecule has 2 atom stereocenters. The lowest BCUT2D eigenvalue weighted by Crippen LogP contribution is -2.36. The molecule has 0 saturated carbocycles. The van der Waals surface area contributed by atoms with Gasteiger partial charge in [-0.2, -0.15) is 4.36 Å². The van der Waals surface area contributed by atoms with Gasteiger partial charge in [0.2, 0.25) is 5.91 Å². The summed E-state index contributed by atoms with van der Waals surface area (Å²) in [5.74, 6) is -0.0986. The third kappa shape index (κ3) is 5.01. The van der Waals surface area contributed by atoms with Gasteiger partial charge >= 0.3 is 0 Å². The number of thiophene rings is 1. The van der Waals surface area contributed by atoms with Gasteiger partial charge in [0.05, 0.1) is 20.7 Å². The van der Waals surface area contributed by atoms with Crippen LogP contribution in [0.25, 0.3) is 0 Å². The van der Waals surface area contributed by atoms with Crippen molar-refractivity contribution in [2.45, 2.75) is 24.3 Å². The van der Waals surface area contributed by atoms with Crippen LogP contribution in [0.3, 0.4) is 0 Å². The largest absolute Gasteiger partial charge is 0.341 e. The number of pyridine rings is 1. The van der Waals surface area contributed by atoms with Crippen molar-refractivity contribution >= 4 is 44.6 Å². The average molecular weight is 438 g/mol. The number of hydrogen-bond acceptors (Lipinski definition) is 6. The number of nitrogens with zero attached hydrogens (tertiary/aromatic N) is 3. The standard InChI is InChI=1S/C19H23N3O3S3/c1-14(16-5-3-10-27-16)19(24)22-8-4-11-28(25,12-9-22)21-18(23)15-6-7-20-17(13-15)26-2/h3,5-7,10,13-14H,4,8-9,11-12H2,1-2H3. The highest BCUT2D eigenvalue weighted by molar-refractivity contribution is 7.98. The van der Waals surface area contributed by atoms with E-state index in [0.717, 1.165) is 9.90 Å². The molecule has 28 heavy (non-hydrogen) atoms. The van der Waals surface area contributed by atoms with Crippen LogP contribution in [0.15, 0.2) is 45.2 Å². The van der Waals surface area contributed by atoms with E-state index in [1.54, 1.807) is 34.6 Å². The van der Waals surface area contributed by atoms with Crippen molar-refractivity contribution in [3.05, 3.63) is 46.3 Å². The van der Waals surface area contributed by atoms with E-state index in [4.69, 9.17) is 0 Å². The van der Waals surface area contributed by atoms with Crippen LogP contribution in [0.4, 0.5) is 0 Å². The van der Waals surface area contributed by atoms with E-state index >= 15 is 0 Å². The molecule has 2 aromatic heterocycles. The number of aromatic nitrogens is 1. The van der Waals surface area contributed by atoms with Gasteiger partial charge in [0.25, 0.3) is 5.91 Å². The Kier molecular flexibility index (Phi) is 6.90. The summed E-state index contributed by atoms with van der Waals surface area (Å²) in [7, 11) is -2.68. The normalized spacial score (nSPS) is 21.0. The molecule has 0 N–H and O–H groups in total. The summed E-state index contributed by atoms with van der Waals surface area (Å²) < 4.78 is 17.3. The second kappa shape index (κ2) is 9.19. The molecule has 2 unspecified atom stereocenters. The second-order valence-corrected chi connectivity index (χ2v) is 10.9. The van der Waals surface area contributed by atoms with Crippen LogP contribution in [0.2, 0.25) is 0 Å². The molecule has 1 fully saturated rings. The predicted octanol–water partition coefficient (Wildman–Crippen LogP) is 3.51. The van der Waals surface area contributed by atoms with Crippen LogP contribution in [-0.4, -0.2) is 56.8 Å². The van der Waals surface area contributed by atoms with E-state index in [-0.39, 0.29) is 17.6 Å². The van der Waals surface area contributed by atoms with Crippen LogP contribution in [0.5, 0.6) is 0 Å². The van der Waals surface area contributed by atoms with Gasteiger partial charge in [-0.3, -0.25) is 9.59 Å². The lowest BCUT2D eigenvalue weighted by atomic mass is 10.1. The monoisotopic (exact) mass is 437 g/mol. The molecule has 0 bridgehead atoms. The van der Waals surface area contributed by atoms with E-state index in [1.807, 2.05) is 30.7 Å². The first-order chi connectivity index (χ1) is 13.4. The second-order valence-electron chi connectivity index (χ2n) is 6.58. The van der Waals surface area contributed by atoms with Crippen LogP contribution in [0.1, 0.15) is 34.5 Å². The van der Waals surface area contributed by atoms with Crippen molar-refractivity contribution in [1.29, 1.82) is 0 Å². The fourth-order valence-corrected chi connectivity index (χ4v) is 6.12. The van der Waals surface area contributed by atoms with E-state index in [0.29, 0.717) is 30.8 Å². The summed E-state index contributed by atoms with van der Waals surface area (Å²) in [5.41, 5.74) is 0.394. The molecule has 6 nitrogen and oxygen atoms in total. The topological polar surface area (TPSA) is 79.7 Å². The van der Waals surface area contributed by atoms with Crippen molar-refractivity contribution in [3.63, 3.8) is 0 Å². The molecule has 2 aromatic rings. The number of carbonyl (C=O) groups is 2. The van der Waals surface area contributed by atoms with Gasteiger partial charge < -0.3 is 4.90 Å². The summed E-state index contributed by atoms with van der Waals surface area (Å²) in [4.78, 5) is 32.2. The molecule has 3 rings (SSSR count). The Labute approximate surface area is 173 Å². The quantitative estimate of drug-likeness (QED) is 0.684. The maximum atomic E-state index is 13.2. The van der Waals surface area contributed by atoms with Crippen LogP contribution in [-0.2, 0) is 14.5 Å². The summed E-state index contributed by atoms with van der Waals surface area (Å²) >= 11 is 3.00. The molecule has 0 radical (unpaired) electrons. The van der Waals surface area contributed by atoms with E-state index in [9.17, 15) is 13.8 Å². The third-order valence-corrected chi connectivity index (χ3v) is 8.61. The van der Waals surface area contributed by atoms with E-state index in [2.05, 4.69) is 9.35 Å². The van der Waals surface area contributed by atoms with Gasteiger partial charge in [0.1, 0.15) is 0 Å². The molecule has 3 heterocycles. The molecular formula is C19H23N3O3S3. The van der Waals surface area contributed by atoms with Gasteiger partial charge in [-0.1, -0.05) is 6.07 Å². The third-order valence-electron chi connectivity index (χ3n) is 4.66. The molecule has 0 aromatic carbocycles. The van der Waals surface area contributed by atoms with Crippen molar-refractivity contribution < 1.29 is 13.8 Å². The Hall–Kier alpha value is -1.71. The number of carbonyl (C=O) groups excluding carboxylic acids is 2. The fraction of sp³-hybridized carbons (Fsp3) is 0.421. The Balaban J connectivity index is 1.72. The summed E-state index contributed by atoms with van der Waals surface area (Å²) in [5, 5.41) is 2.68. The highest BCUT2D eigenvalue weighted by atomic mass is 32.2. The van der Waals surface area contributed by atoms with Crippen LogP contribution < -0.4 is 0 Å². The Morgan fingerprint density at radius 3 is 2.86 bits per heavy atom. The maximum Gasteiger partial charge on any atom is 0.285 e. The van der Waals surface area contributed by atoms with Crippen molar-refractivity contribution in [3.8, 4) is 0 Å².